The zero-order chi connectivity index (χ0) is 13.1. The lowest BCUT2D eigenvalue weighted by molar-refractivity contribution is -0.124. The molecule has 0 radical (unpaired) electrons. The highest BCUT2D eigenvalue weighted by molar-refractivity contribution is 6.30. The lowest BCUT2D eigenvalue weighted by Gasteiger charge is -2.20. The first-order chi connectivity index (χ1) is 7.78. The number of carbonyl (C=O) groups excluding carboxylic acids is 1. The van der Waals surface area contributed by atoms with Crippen LogP contribution in [0.4, 0.5) is 5.69 Å². The van der Waals surface area contributed by atoms with E-state index in [9.17, 15) is 4.79 Å². The number of anilines is 1. The number of halogens is 1. The Balaban J connectivity index is 2.56. The minimum Gasteiger partial charge on any atom is -0.482 e. The Hall–Kier alpha value is -1.42. The lowest BCUT2D eigenvalue weighted by atomic mass is 10.1. The van der Waals surface area contributed by atoms with E-state index in [0.717, 1.165) is 0 Å². The van der Waals surface area contributed by atoms with Crippen LogP contribution in [0.3, 0.4) is 0 Å². The number of nitrogens with two attached hydrogens (primary N) is 1. The van der Waals surface area contributed by atoms with Crippen molar-refractivity contribution in [2.45, 2.75) is 26.3 Å². The van der Waals surface area contributed by atoms with Crippen LogP contribution in [0, 0.1) is 0 Å². The summed E-state index contributed by atoms with van der Waals surface area (Å²) >= 11 is 5.80. The van der Waals surface area contributed by atoms with E-state index in [-0.39, 0.29) is 18.1 Å². The molecule has 0 bridgehead atoms. The molecule has 3 N–H and O–H groups in total. The first-order valence-electron chi connectivity index (χ1n) is 5.27. The van der Waals surface area contributed by atoms with Crippen LogP contribution < -0.4 is 15.8 Å². The monoisotopic (exact) mass is 256 g/mol. The van der Waals surface area contributed by atoms with Crippen LogP contribution in [0.25, 0.3) is 0 Å². The van der Waals surface area contributed by atoms with Crippen molar-refractivity contribution in [3.8, 4) is 5.75 Å². The van der Waals surface area contributed by atoms with Gasteiger partial charge in [0.15, 0.2) is 6.61 Å². The van der Waals surface area contributed by atoms with E-state index in [1.807, 2.05) is 20.8 Å². The highest BCUT2D eigenvalue weighted by Gasteiger charge is 2.14. The normalized spacial score (nSPS) is 11.1. The molecule has 17 heavy (non-hydrogen) atoms. The molecule has 0 saturated carbocycles. The van der Waals surface area contributed by atoms with Crippen molar-refractivity contribution in [1.82, 2.24) is 5.32 Å². The molecular weight excluding hydrogens is 240 g/mol. The predicted molar refractivity (Wildman–Crippen MR) is 69.3 cm³/mol. The topological polar surface area (TPSA) is 64.3 Å². The third kappa shape index (κ3) is 4.95. The standard InChI is InChI=1S/C12H17ClN2O2/c1-12(2,3)15-11(16)7-17-10-6-8(13)4-5-9(10)14/h4-6H,7,14H2,1-3H3,(H,15,16). The van der Waals surface area contributed by atoms with E-state index < -0.39 is 0 Å². The highest BCUT2D eigenvalue weighted by Crippen LogP contribution is 2.25. The molecule has 0 spiro atoms. The average molecular weight is 257 g/mol. The average Bonchev–Trinajstić information content (AvgIpc) is 2.17. The molecule has 5 heteroatoms. The molecule has 94 valence electrons. The van der Waals surface area contributed by atoms with E-state index in [0.29, 0.717) is 16.5 Å². The van der Waals surface area contributed by atoms with Crippen molar-refractivity contribution in [3.63, 3.8) is 0 Å². The minimum atomic E-state index is -0.277. The summed E-state index contributed by atoms with van der Waals surface area (Å²) in [6, 6.07) is 4.89. The Morgan fingerprint density at radius 3 is 2.71 bits per heavy atom. The van der Waals surface area contributed by atoms with E-state index >= 15 is 0 Å². The van der Waals surface area contributed by atoms with Crippen LogP contribution in [-0.2, 0) is 4.79 Å². The third-order valence-corrected chi connectivity index (χ3v) is 2.08. The van der Waals surface area contributed by atoms with E-state index in [4.69, 9.17) is 22.1 Å². The number of nitrogens with one attached hydrogen (secondary N) is 1. The van der Waals surface area contributed by atoms with Crippen LogP contribution in [-0.4, -0.2) is 18.1 Å². The summed E-state index contributed by atoms with van der Waals surface area (Å²) in [6.07, 6.45) is 0. The van der Waals surface area contributed by atoms with Gasteiger partial charge in [-0.1, -0.05) is 11.6 Å². The fraction of sp³-hybridized carbons (Fsp3) is 0.417. The molecule has 0 aromatic heterocycles. The minimum absolute atomic E-state index is 0.0815. The fourth-order valence-electron chi connectivity index (χ4n) is 1.23. The number of hydrogen-bond acceptors (Lipinski definition) is 3. The fourth-order valence-corrected chi connectivity index (χ4v) is 1.39. The van der Waals surface area contributed by atoms with Crippen LogP contribution in [0.1, 0.15) is 20.8 Å². The second-order valence-corrected chi connectivity index (χ2v) is 5.21. The van der Waals surface area contributed by atoms with Gasteiger partial charge in [-0.3, -0.25) is 4.79 Å². The maximum Gasteiger partial charge on any atom is 0.258 e. The van der Waals surface area contributed by atoms with Crippen molar-refractivity contribution in [2.24, 2.45) is 0 Å². The van der Waals surface area contributed by atoms with E-state index in [2.05, 4.69) is 5.32 Å². The molecule has 0 aliphatic heterocycles. The van der Waals surface area contributed by atoms with E-state index in [1.54, 1.807) is 18.2 Å². The molecule has 0 fully saturated rings. The van der Waals surface area contributed by atoms with Crippen molar-refractivity contribution in [3.05, 3.63) is 23.2 Å². The summed E-state index contributed by atoms with van der Waals surface area (Å²) in [6.45, 7) is 5.62. The Bertz CT molecular complexity index is 413. The Morgan fingerprint density at radius 1 is 1.47 bits per heavy atom. The van der Waals surface area contributed by atoms with Crippen LogP contribution in [0.2, 0.25) is 5.02 Å². The summed E-state index contributed by atoms with van der Waals surface area (Å²) in [5.74, 6) is 0.221. The summed E-state index contributed by atoms with van der Waals surface area (Å²) in [5, 5.41) is 3.30. The summed E-state index contributed by atoms with van der Waals surface area (Å²) in [4.78, 5) is 11.5. The largest absolute Gasteiger partial charge is 0.482 e. The SMILES string of the molecule is CC(C)(C)NC(=O)COc1cc(Cl)ccc1N. The summed E-state index contributed by atoms with van der Waals surface area (Å²) in [7, 11) is 0. The molecule has 1 amide bonds. The number of hydrogen-bond donors (Lipinski definition) is 2. The second-order valence-electron chi connectivity index (χ2n) is 4.77. The maximum absolute atomic E-state index is 11.5. The van der Waals surface area contributed by atoms with Crippen LogP contribution >= 0.6 is 11.6 Å². The van der Waals surface area contributed by atoms with Crippen molar-refractivity contribution < 1.29 is 9.53 Å². The van der Waals surface area contributed by atoms with Crippen molar-refractivity contribution >= 4 is 23.2 Å². The summed E-state index contributed by atoms with van der Waals surface area (Å²) in [5.41, 5.74) is 5.87. The second kappa shape index (κ2) is 5.27. The van der Waals surface area contributed by atoms with Gasteiger partial charge in [-0.15, -0.1) is 0 Å². The van der Waals surface area contributed by atoms with Gasteiger partial charge in [0.05, 0.1) is 5.69 Å². The van der Waals surface area contributed by atoms with Gasteiger partial charge in [-0.25, -0.2) is 0 Å². The van der Waals surface area contributed by atoms with Gasteiger partial charge in [0, 0.05) is 16.6 Å². The lowest BCUT2D eigenvalue weighted by Crippen LogP contribution is -2.43. The van der Waals surface area contributed by atoms with Gasteiger partial charge in [0.25, 0.3) is 5.91 Å². The van der Waals surface area contributed by atoms with Crippen molar-refractivity contribution in [2.75, 3.05) is 12.3 Å². The number of rotatable bonds is 3. The van der Waals surface area contributed by atoms with E-state index in [1.165, 1.54) is 0 Å². The zero-order valence-corrected chi connectivity index (χ0v) is 11.0. The summed E-state index contributed by atoms with van der Waals surface area (Å²) < 4.78 is 5.30. The first kappa shape index (κ1) is 13.6. The third-order valence-electron chi connectivity index (χ3n) is 1.85. The van der Waals surface area contributed by atoms with Crippen LogP contribution in [0.15, 0.2) is 18.2 Å². The number of amides is 1. The molecule has 0 heterocycles. The smallest absolute Gasteiger partial charge is 0.258 e. The Morgan fingerprint density at radius 2 is 2.12 bits per heavy atom. The molecule has 1 rings (SSSR count). The Kier molecular flexibility index (Phi) is 4.23. The highest BCUT2D eigenvalue weighted by atomic mass is 35.5. The quantitative estimate of drug-likeness (QED) is 0.815. The van der Waals surface area contributed by atoms with Gasteiger partial charge < -0.3 is 15.8 Å². The number of benzene rings is 1. The maximum atomic E-state index is 11.5. The zero-order valence-electron chi connectivity index (χ0n) is 10.2. The molecule has 0 atom stereocenters. The van der Waals surface area contributed by atoms with Gasteiger partial charge in [-0.2, -0.15) is 0 Å². The van der Waals surface area contributed by atoms with Gasteiger partial charge in [-0.05, 0) is 32.9 Å². The van der Waals surface area contributed by atoms with Gasteiger partial charge >= 0.3 is 0 Å². The molecule has 1 aromatic rings. The number of carbonyl (C=O) groups is 1. The van der Waals surface area contributed by atoms with Crippen molar-refractivity contribution in [1.29, 1.82) is 0 Å². The molecular formula is C12H17ClN2O2. The number of ether oxygens (including phenoxy) is 1. The molecule has 0 unspecified atom stereocenters. The molecule has 1 aromatic carbocycles. The molecule has 0 saturated heterocycles. The molecule has 4 nitrogen and oxygen atoms in total. The van der Waals surface area contributed by atoms with Gasteiger partial charge in [0.2, 0.25) is 0 Å². The Labute approximate surface area is 106 Å². The predicted octanol–water partition coefficient (Wildman–Crippen LogP) is 2.22. The first-order valence-corrected chi connectivity index (χ1v) is 5.64. The van der Waals surface area contributed by atoms with Gasteiger partial charge in [0.1, 0.15) is 5.75 Å². The number of nitrogen functional groups attached to an aromatic ring is 1. The van der Waals surface area contributed by atoms with Crippen LogP contribution in [0.5, 0.6) is 5.75 Å². The molecule has 0 aliphatic rings. The molecule has 0 aliphatic carbocycles.